The van der Waals surface area contributed by atoms with Gasteiger partial charge in [-0.3, -0.25) is 9.59 Å². The van der Waals surface area contributed by atoms with E-state index in [-0.39, 0.29) is 19.7 Å². The number of aliphatic hydroxyl groups excluding tert-OH is 1. The first-order chi connectivity index (χ1) is 8.69. The van der Waals surface area contributed by atoms with Crippen LogP contribution in [-0.4, -0.2) is 36.6 Å². The average Bonchev–Trinajstić information content (AvgIpc) is 2.42. The highest BCUT2D eigenvalue weighted by molar-refractivity contribution is 6.35. The topological polar surface area (TPSA) is 104 Å². The number of rotatable bonds is 5. The number of hydrogen-bond acceptors (Lipinski definition) is 4. The van der Waals surface area contributed by atoms with Gasteiger partial charge in [0.2, 0.25) is 0 Å². The van der Waals surface area contributed by atoms with Gasteiger partial charge in [-0.25, -0.2) is 0 Å². The molecule has 0 aromatic heterocycles. The molecule has 0 spiro atoms. The van der Waals surface area contributed by atoms with Crippen LogP contribution in [0.15, 0.2) is 30.3 Å². The molecule has 0 heterocycles. The van der Waals surface area contributed by atoms with Gasteiger partial charge in [0.1, 0.15) is 0 Å². The van der Waals surface area contributed by atoms with Crippen molar-refractivity contribution in [3.05, 3.63) is 35.9 Å². The van der Waals surface area contributed by atoms with E-state index in [0.29, 0.717) is 0 Å². The second-order valence-electron chi connectivity index (χ2n) is 3.66. The fourth-order valence-corrected chi connectivity index (χ4v) is 1.41. The Balaban J connectivity index is 2.58. The molecule has 6 nitrogen and oxygen atoms in total. The van der Waals surface area contributed by atoms with Crippen LogP contribution >= 0.6 is 0 Å². The molecule has 0 saturated heterocycles. The number of nitrogens with two attached hydrogens (primary N) is 1. The number of aliphatic hydroxyl groups is 1. The van der Waals surface area contributed by atoms with Crippen LogP contribution in [0.2, 0.25) is 0 Å². The smallest absolute Gasteiger partial charge is 0.309 e. The van der Waals surface area contributed by atoms with E-state index in [2.05, 4.69) is 10.6 Å². The average molecular weight is 251 g/mol. The molecular formula is C12H17N3O3. The molecule has 0 fully saturated rings. The van der Waals surface area contributed by atoms with Crippen LogP contribution in [0, 0.1) is 0 Å². The fraction of sp³-hybridized carbons (Fsp3) is 0.333. The van der Waals surface area contributed by atoms with Gasteiger partial charge >= 0.3 is 11.8 Å². The Hall–Kier alpha value is -1.92. The molecule has 0 aliphatic rings. The molecule has 1 aromatic rings. The monoisotopic (exact) mass is 251 g/mol. The molecular weight excluding hydrogens is 234 g/mol. The van der Waals surface area contributed by atoms with Gasteiger partial charge < -0.3 is 21.5 Å². The molecule has 2 amide bonds. The molecule has 6 heteroatoms. The van der Waals surface area contributed by atoms with E-state index in [4.69, 9.17) is 5.73 Å². The highest BCUT2D eigenvalue weighted by atomic mass is 16.3. The first-order valence-corrected chi connectivity index (χ1v) is 5.63. The minimum absolute atomic E-state index is 0.237. The zero-order valence-electron chi connectivity index (χ0n) is 9.93. The van der Waals surface area contributed by atoms with Gasteiger partial charge in [0, 0.05) is 13.1 Å². The highest BCUT2D eigenvalue weighted by Gasteiger charge is 2.18. The van der Waals surface area contributed by atoms with E-state index in [1.54, 1.807) is 24.3 Å². The molecule has 0 bridgehead atoms. The van der Waals surface area contributed by atoms with Gasteiger partial charge in [-0.05, 0) is 5.56 Å². The number of nitrogens with one attached hydrogen (secondary N) is 2. The summed E-state index contributed by atoms with van der Waals surface area (Å²) in [4.78, 5) is 22.8. The maximum atomic E-state index is 11.5. The molecule has 98 valence electrons. The Morgan fingerprint density at radius 1 is 1.22 bits per heavy atom. The molecule has 0 aliphatic carbocycles. The van der Waals surface area contributed by atoms with Crippen molar-refractivity contribution >= 4 is 11.8 Å². The van der Waals surface area contributed by atoms with Gasteiger partial charge in [0.15, 0.2) is 0 Å². The lowest BCUT2D eigenvalue weighted by Gasteiger charge is -2.16. The normalized spacial score (nSPS) is 11.7. The second kappa shape index (κ2) is 7.41. The Labute approximate surface area is 105 Å². The number of carbonyl (C=O) groups is 2. The summed E-state index contributed by atoms with van der Waals surface area (Å²) in [5.41, 5.74) is 5.95. The lowest BCUT2D eigenvalue weighted by Crippen LogP contribution is -2.43. The van der Waals surface area contributed by atoms with Crippen molar-refractivity contribution in [3.63, 3.8) is 0 Å². The van der Waals surface area contributed by atoms with Crippen LogP contribution in [0.25, 0.3) is 0 Å². The summed E-state index contributed by atoms with van der Waals surface area (Å²) in [6, 6.07) is 8.34. The van der Waals surface area contributed by atoms with Crippen LogP contribution in [0.4, 0.5) is 0 Å². The Morgan fingerprint density at radius 3 is 2.44 bits per heavy atom. The molecule has 1 aromatic carbocycles. The van der Waals surface area contributed by atoms with Crippen molar-refractivity contribution < 1.29 is 14.7 Å². The van der Waals surface area contributed by atoms with Gasteiger partial charge in [0.05, 0.1) is 12.6 Å². The summed E-state index contributed by atoms with van der Waals surface area (Å²) in [5.74, 6) is -1.54. The first kappa shape index (κ1) is 14.1. The van der Waals surface area contributed by atoms with Crippen molar-refractivity contribution in [1.29, 1.82) is 0 Å². The molecule has 5 N–H and O–H groups in total. The summed E-state index contributed by atoms with van der Waals surface area (Å²) < 4.78 is 0. The number of benzene rings is 1. The van der Waals surface area contributed by atoms with E-state index in [1.165, 1.54) is 0 Å². The van der Waals surface area contributed by atoms with E-state index in [1.807, 2.05) is 6.07 Å². The van der Waals surface area contributed by atoms with Crippen LogP contribution in [0.1, 0.15) is 11.6 Å². The zero-order chi connectivity index (χ0) is 13.4. The third-order valence-corrected chi connectivity index (χ3v) is 2.33. The van der Waals surface area contributed by atoms with Crippen LogP contribution < -0.4 is 16.4 Å². The largest absolute Gasteiger partial charge is 0.394 e. The third kappa shape index (κ3) is 4.15. The quantitative estimate of drug-likeness (QED) is 0.499. The zero-order valence-corrected chi connectivity index (χ0v) is 9.93. The molecule has 1 atom stereocenters. The Bertz CT molecular complexity index is 395. The predicted molar refractivity (Wildman–Crippen MR) is 66.5 cm³/mol. The van der Waals surface area contributed by atoms with E-state index in [9.17, 15) is 14.7 Å². The third-order valence-electron chi connectivity index (χ3n) is 2.33. The van der Waals surface area contributed by atoms with Crippen molar-refractivity contribution in [2.75, 3.05) is 19.7 Å². The van der Waals surface area contributed by atoms with Crippen molar-refractivity contribution in [1.82, 2.24) is 10.6 Å². The van der Waals surface area contributed by atoms with Gasteiger partial charge in [-0.1, -0.05) is 30.3 Å². The molecule has 0 saturated carbocycles. The minimum atomic E-state index is -0.786. The molecule has 1 rings (SSSR count). The van der Waals surface area contributed by atoms with Crippen molar-refractivity contribution in [2.45, 2.75) is 6.04 Å². The maximum absolute atomic E-state index is 11.5. The lowest BCUT2D eigenvalue weighted by atomic mass is 10.1. The number of hydrogen-bond donors (Lipinski definition) is 4. The Kier molecular flexibility index (Phi) is 5.83. The van der Waals surface area contributed by atoms with Gasteiger partial charge in [-0.15, -0.1) is 0 Å². The van der Waals surface area contributed by atoms with Crippen LogP contribution in [0.5, 0.6) is 0 Å². The van der Waals surface area contributed by atoms with E-state index in [0.717, 1.165) is 5.56 Å². The van der Waals surface area contributed by atoms with E-state index >= 15 is 0 Å². The van der Waals surface area contributed by atoms with Gasteiger partial charge in [-0.2, -0.15) is 0 Å². The predicted octanol–water partition coefficient (Wildman–Crippen LogP) is -1.09. The minimum Gasteiger partial charge on any atom is -0.394 e. The number of amides is 2. The van der Waals surface area contributed by atoms with Crippen molar-refractivity contribution in [3.8, 4) is 0 Å². The molecule has 0 aliphatic heterocycles. The van der Waals surface area contributed by atoms with E-state index < -0.39 is 17.9 Å². The number of carbonyl (C=O) groups excluding carboxylic acids is 2. The van der Waals surface area contributed by atoms with Crippen molar-refractivity contribution in [2.24, 2.45) is 5.73 Å². The highest BCUT2D eigenvalue weighted by Crippen LogP contribution is 2.10. The van der Waals surface area contributed by atoms with Gasteiger partial charge in [0.25, 0.3) is 0 Å². The molecule has 18 heavy (non-hydrogen) atoms. The SMILES string of the molecule is NCCNC(=O)C(=O)N[C@H](CO)c1ccccc1. The van der Waals surface area contributed by atoms with Crippen LogP contribution in [0.3, 0.4) is 0 Å². The summed E-state index contributed by atoms with van der Waals surface area (Å²) in [6.45, 7) is 0.225. The summed E-state index contributed by atoms with van der Waals surface area (Å²) in [6.07, 6.45) is 0. The maximum Gasteiger partial charge on any atom is 0.309 e. The first-order valence-electron chi connectivity index (χ1n) is 5.63. The lowest BCUT2D eigenvalue weighted by molar-refractivity contribution is -0.139. The fourth-order valence-electron chi connectivity index (χ4n) is 1.41. The second-order valence-corrected chi connectivity index (χ2v) is 3.66. The molecule has 0 unspecified atom stereocenters. The summed E-state index contributed by atoms with van der Waals surface area (Å²) in [5, 5.41) is 14.0. The molecule has 0 radical (unpaired) electrons. The Morgan fingerprint density at radius 2 is 1.89 bits per heavy atom. The summed E-state index contributed by atoms with van der Waals surface area (Å²) in [7, 11) is 0. The standard InChI is InChI=1S/C12H17N3O3/c13-6-7-14-11(17)12(18)15-10(8-16)9-4-2-1-3-5-9/h1-5,10,16H,6-8,13H2,(H,14,17)(H,15,18)/t10-/m1/s1. The summed E-state index contributed by atoms with van der Waals surface area (Å²) >= 11 is 0. The van der Waals surface area contributed by atoms with Crippen LogP contribution in [-0.2, 0) is 9.59 Å².